The SMILES string of the molecule is C[Si](C)(C)OCCC1=Cc2ccccc2C1[Si](C)(C)C1C=CC=C1. The fourth-order valence-corrected chi connectivity index (χ4v) is 8.64. The highest BCUT2D eigenvalue weighted by molar-refractivity contribution is 6.82. The van der Waals surface area contributed by atoms with Gasteiger partial charge in [0.05, 0.1) is 8.07 Å². The number of hydrogen-bond donors (Lipinski definition) is 0. The molecule has 1 aromatic rings. The molecule has 0 aromatic heterocycles. The van der Waals surface area contributed by atoms with Gasteiger partial charge in [-0.2, -0.15) is 0 Å². The summed E-state index contributed by atoms with van der Waals surface area (Å²) in [7, 11) is -2.97. The molecule has 24 heavy (non-hydrogen) atoms. The molecule has 0 fully saturated rings. The van der Waals surface area contributed by atoms with Crippen molar-refractivity contribution in [3.63, 3.8) is 0 Å². The lowest BCUT2D eigenvalue weighted by Crippen LogP contribution is -2.39. The van der Waals surface area contributed by atoms with E-state index in [4.69, 9.17) is 4.43 Å². The van der Waals surface area contributed by atoms with E-state index in [0.29, 0.717) is 11.1 Å². The van der Waals surface area contributed by atoms with Crippen LogP contribution in [0.1, 0.15) is 23.1 Å². The van der Waals surface area contributed by atoms with Crippen LogP contribution in [-0.4, -0.2) is 23.0 Å². The van der Waals surface area contributed by atoms with Crippen LogP contribution in [0.25, 0.3) is 6.08 Å². The molecule has 0 amide bonds. The third-order valence-corrected chi connectivity index (χ3v) is 10.6. The predicted molar refractivity (Wildman–Crippen MR) is 111 cm³/mol. The molecule has 0 saturated carbocycles. The van der Waals surface area contributed by atoms with Crippen LogP contribution in [0, 0.1) is 0 Å². The summed E-state index contributed by atoms with van der Waals surface area (Å²) in [4.78, 5) is 0. The maximum atomic E-state index is 6.16. The zero-order valence-electron chi connectivity index (χ0n) is 15.7. The van der Waals surface area contributed by atoms with Crippen molar-refractivity contribution in [1.82, 2.24) is 0 Å². The summed E-state index contributed by atoms with van der Waals surface area (Å²) in [6.45, 7) is 12.8. The molecule has 1 atom stereocenters. The summed E-state index contributed by atoms with van der Waals surface area (Å²) in [5.74, 6) is 0. The van der Waals surface area contributed by atoms with Crippen molar-refractivity contribution in [1.29, 1.82) is 0 Å². The largest absolute Gasteiger partial charge is 0.417 e. The third-order valence-electron chi connectivity index (χ3n) is 5.30. The zero-order chi connectivity index (χ0) is 17.4. The van der Waals surface area contributed by atoms with E-state index >= 15 is 0 Å². The molecule has 0 radical (unpaired) electrons. The first-order valence-corrected chi connectivity index (χ1v) is 15.6. The van der Waals surface area contributed by atoms with Crippen LogP contribution >= 0.6 is 0 Å². The first kappa shape index (κ1) is 17.7. The summed E-state index contributed by atoms with van der Waals surface area (Å²) in [5, 5.41) is 0. The van der Waals surface area contributed by atoms with Crippen LogP contribution in [0.15, 0.2) is 54.1 Å². The number of hydrogen-bond acceptors (Lipinski definition) is 1. The highest BCUT2D eigenvalue weighted by atomic mass is 28.4. The standard InChI is InChI=1S/C21H30OSi2/c1-23(2,3)22-15-14-18-16-17-10-6-9-13-20(17)21(18)24(4,5)19-11-7-8-12-19/h6-13,16,19,21H,14-15H2,1-5H3. The van der Waals surface area contributed by atoms with Crippen molar-refractivity contribution in [2.24, 2.45) is 0 Å². The normalized spacial score (nSPS) is 20.5. The molecule has 1 aromatic carbocycles. The number of benzene rings is 1. The molecule has 0 N–H and O–H groups in total. The lowest BCUT2D eigenvalue weighted by atomic mass is 10.1. The molecule has 0 aliphatic heterocycles. The van der Waals surface area contributed by atoms with Crippen molar-refractivity contribution in [3.8, 4) is 0 Å². The van der Waals surface area contributed by atoms with Crippen molar-refractivity contribution >= 4 is 22.5 Å². The molecule has 1 unspecified atom stereocenters. The van der Waals surface area contributed by atoms with E-state index in [9.17, 15) is 0 Å². The maximum Gasteiger partial charge on any atom is 0.183 e. The van der Waals surface area contributed by atoms with E-state index in [1.54, 1.807) is 11.1 Å². The average Bonchev–Trinajstić information content (AvgIpc) is 3.13. The van der Waals surface area contributed by atoms with Crippen molar-refractivity contribution in [3.05, 3.63) is 65.3 Å². The molecule has 2 aliphatic carbocycles. The minimum absolute atomic E-state index is 0.608. The summed E-state index contributed by atoms with van der Waals surface area (Å²) in [6.07, 6.45) is 12.8. The van der Waals surface area contributed by atoms with E-state index < -0.39 is 16.4 Å². The van der Waals surface area contributed by atoms with Crippen LogP contribution in [0.2, 0.25) is 38.3 Å². The quantitative estimate of drug-likeness (QED) is 0.556. The Bertz CT molecular complexity index is 680. The molecule has 2 aliphatic rings. The highest BCUT2D eigenvalue weighted by Gasteiger charge is 2.43. The van der Waals surface area contributed by atoms with Gasteiger partial charge in [-0.25, -0.2) is 0 Å². The Morgan fingerprint density at radius 2 is 1.62 bits per heavy atom. The Morgan fingerprint density at radius 1 is 0.958 bits per heavy atom. The Labute approximate surface area is 149 Å². The minimum Gasteiger partial charge on any atom is -0.417 e. The number of rotatable bonds is 6. The Kier molecular flexibility index (Phi) is 4.87. The topological polar surface area (TPSA) is 9.23 Å². The summed E-state index contributed by atoms with van der Waals surface area (Å²) in [6, 6.07) is 8.99. The molecular formula is C21H30OSi2. The minimum atomic E-state index is -1.53. The second-order valence-corrected chi connectivity index (χ2v) is 18.0. The Morgan fingerprint density at radius 3 is 2.29 bits per heavy atom. The van der Waals surface area contributed by atoms with Gasteiger partial charge in [0, 0.05) is 12.1 Å². The Balaban J connectivity index is 1.87. The second-order valence-electron chi connectivity index (χ2n) is 8.61. The monoisotopic (exact) mass is 354 g/mol. The van der Waals surface area contributed by atoms with Gasteiger partial charge >= 0.3 is 0 Å². The molecule has 0 spiro atoms. The molecule has 0 bridgehead atoms. The summed E-state index contributed by atoms with van der Waals surface area (Å²) >= 11 is 0. The van der Waals surface area contributed by atoms with E-state index in [-0.39, 0.29) is 0 Å². The van der Waals surface area contributed by atoms with Gasteiger partial charge in [0.25, 0.3) is 0 Å². The molecule has 3 heteroatoms. The van der Waals surface area contributed by atoms with Gasteiger partial charge in [-0.05, 0) is 42.7 Å². The van der Waals surface area contributed by atoms with Gasteiger partial charge in [-0.3, -0.25) is 0 Å². The van der Waals surface area contributed by atoms with E-state index in [0.717, 1.165) is 13.0 Å². The van der Waals surface area contributed by atoms with Crippen LogP contribution in [0.3, 0.4) is 0 Å². The molecule has 0 heterocycles. The number of allylic oxidation sites excluding steroid dienone is 4. The second kappa shape index (κ2) is 6.62. The maximum absolute atomic E-state index is 6.16. The van der Waals surface area contributed by atoms with Crippen LogP contribution in [0.5, 0.6) is 0 Å². The smallest absolute Gasteiger partial charge is 0.183 e. The van der Waals surface area contributed by atoms with Gasteiger partial charge in [-0.1, -0.05) is 73.3 Å². The van der Waals surface area contributed by atoms with Crippen molar-refractivity contribution < 1.29 is 4.43 Å². The summed E-state index contributed by atoms with van der Waals surface area (Å²) in [5.41, 5.74) is 5.81. The molecular weight excluding hydrogens is 324 g/mol. The first-order chi connectivity index (χ1) is 11.3. The summed E-state index contributed by atoms with van der Waals surface area (Å²) < 4.78 is 6.16. The van der Waals surface area contributed by atoms with Gasteiger partial charge in [0.1, 0.15) is 0 Å². The molecule has 0 saturated heterocycles. The lowest BCUT2D eigenvalue weighted by molar-refractivity contribution is 0.314. The number of fused-ring (bicyclic) bond motifs is 1. The van der Waals surface area contributed by atoms with E-state index in [2.05, 4.69) is 87.4 Å². The predicted octanol–water partition coefficient (Wildman–Crippen LogP) is 6.15. The van der Waals surface area contributed by atoms with E-state index in [1.807, 2.05) is 0 Å². The van der Waals surface area contributed by atoms with Crippen LogP contribution in [0.4, 0.5) is 0 Å². The van der Waals surface area contributed by atoms with Gasteiger partial charge < -0.3 is 4.43 Å². The van der Waals surface area contributed by atoms with Crippen molar-refractivity contribution in [2.45, 2.75) is 50.2 Å². The zero-order valence-corrected chi connectivity index (χ0v) is 17.7. The average molecular weight is 355 g/mol. The first-order valence-electron chi connectivity index (χ1n) is 9.07. The van der Waals surface area contributed by atoms with Gasteiger partial charge in [0.2, 0.25) is 0 Å². The fourth-order valence-electron chi connectivity index (χ4n) is 4.08. The molecule has 1 nitrogen and oxygen atoms in total. The lowest BCUT2D eigenvalue weighted by Gasteiger charge is -2.36. The van der Waals surface area contributed by atoms with Gasteiger partial charge in [-0.15, -0.1) is 0 Å². The van der Waals surface area contributed by atoms with Gasteiger partial charge in [0.15, 0.2) is 8.32 Å². The Hall–Kier alpha value is -1.17. The van der Waals surface area contributed by atoms with Crippen LogP contribution in [-0.2, 0) is 4.43 Å². The molecule has 128 valence electrons. The fraction of sp³-hybridized carbons (Fsp3) is 0.429. The molecule has 3 rings (SSSR count). The van der Waals surface area contributed by atoms with Crippen molar-refractivity contribution in [2.75, 3.05) is 6.61 Å². The highest BCUT2D eigenvalue weighted by Crippen LogP contribution is 2.49. The van der Waals surface area contributed by atoms with Crippen LogP contribution < -0.4 is 0 Å². The van der Waals surface area contributed by atoms with E-state index in [1.165, 1.54) is 5.56 Å². The third kappa shape index (κ3) is 3.58.